The number of halogens is 1. The van der Waals surface area contributed by atoms with Gasteiger partial charge in [0.1, 0.15) is 0 Å². The van der Waals surface area contributed by atoms with Crippen molar-refractivity contribution in [1.82, 2.24) is 5.32 Å². The standard InChI is InChI=1S/C9H10BrNO2S/c1-6(9(12)13)4-11-5-8-7(10)2-3-14-8/h2-3,11H,1,4-5H2,(H,12,13). The van der Waals surface area contributed by atoms with Crippen LogP contribution in [0.1, 0.15) is 4.88 Å². The van der Waals surface area contributed by atoms with Crippen LogP contribution in [0.4, 0.5) is 0 Å². The van der Waals surface area contributed by atoms with E-state index >= 15 is 0 Å². The second-order valence-electron chi connectivity index (χ2n) is 2.70. The Balaban J connectivity index is 2.32. The Labute approximate surface area is 94.6 Å². The lowest BCUT2D eigenvalue weighted by atomic mass is 10.3. The third-order valence-corrected chi connectivity index (χ3v) is 3.54. The van der Waals surface area contributed by atoms with Gasteiger partial charge in [0, 0.05) is 28.0 Å². The van der Waals surface area contributed by atoms with Crippen LogP contribution in [0, 0.1) is 0 Å². The van der Waals surface area contributed by atoms with Gasteiger partial charge in [0.25, 0.3) is 0 Å². The molecule has 0 aliphatic heterocycles. The maximum atomic E-state index is 10.4. The number of hydrogen-bond acceptors (Lipinski definition) is 3. The molecule has 0 spiro atoms. The molecular formula is C9H10BrNO2S. The molecule has 1 aromatic rings. The molecule has 0 saturated heterocycles. The lowest BCUT2D eigenvalue weighted by Gasteiger charge is -2.02. The van der Waals surface area contributed by atoms with E-state index in [1.807, 2.05) is 11.4 Å². The molecule has 0 saturated carbocycles. The van der Waals surface area contributed by atoms with Crippen LogP contribution in [0.2, 0.25) is 0 Å². The van der Waals surface area contributed by atoms with E-state index in [-0.39, 0.29) is 5.57 Å². The molecule has 0 fully saturated rings. The smallest absolute Gasteiger partial charge is 0.332 e. The average Bonchev–Trinajstić information content (AvgIpc) is 2.51. The van der Waals surface area contributed by atoms with Gasteiger partial charge in [-0.1, -0.05) is 6.58 Å². The third-order valence-electron chi connectivity index (χ3n) is 1.62. The van der Waals surface area contributed by atoms with Crippen molar-refractivity contribution >= 4 is 33.2 Å². The fourth-order valence-electron chi connectivity index (χ4n) is 0.854. The van der Waals surface area contributed by atoms with Crippen molar-refractivity contribution in [3.8, 4) is 0 Å². The summed E-state index contributed by atoms with van der Waals surface area (Å²) >= 11 is 5.02. The van der Waals surface area contributed by atoms with Gasteiger partial charge in [-0.15, -0.1) is 11.3 Å². The molecule has 76 valence electrons. The average molecular weight is 276 g/mol. The highest BCUT2D eigenvalue weighted by atomic mass is 79.9. The summed E-state index contributed by atoms with van der Waals surface area (Å²) in [7, 11) is 0. The van der Waals surface area contributed by atoms with E-state index in [1.54, 1.807) is 11.3 Å². The summed E-state index contributed by atoms with van der Waals surface area (Å²) in [5, 5.41) is 13.5. The highest BCUT2D eigenvalue weighted by Crippen LogP contribution is 2.21. The highest BCUT2D eigenvalue weighted by Gasteiger charge is 2.04. The van der Waals surface area contributed by atoms with E-state index in [2.05, 4.69) is 27.8 Å². The first-order valence-corrected chi connectivity index (χ1v) is 5.62. The summed E-state index contributed by atoms with van der Waals surface area (Å²) in [4.78, 5) is 11.6. The summed E-state index contributed by atoms with van der Waals surface area (Å²) in [6.45, 7) is 4.39. The monoisotopic (exact) mass is 275 g/mol. The van der Waals surface area contributed by atoms with Crippen LogP contribution in [0.15, 0.2) is 28.1 Å². The summed E-state index contributed by atoms with van der Waals surface area (Å²) in [5.41, 5.74) is 0.178. The maximum Gasteiger partial charge on any atom is 0.332 e. The summed E-state index contributed by atoms with van der Waals surface area (Å²) in [6.07, 6.45) is 0. The Kier molecular flexibility index (Phi) is 4.31. The van der Waals surface area contributed by atoms with E-state index in [1.165, 1.54) is 0 Å². The molecule has 0 bridgehead atoms. The van der Waals surface area contributed by atoms with Gasteiger partial charge in [0.15, 0.2) is 0 Å². The van der Waals surface area contributed by atoms with Crippen LogP contribution in [0.3, 0.4) is 0 Å². The molecule has 0 amide bonds. The second kappa shape index (κ2) is 5.29. The number of rotatable bonds is 5. The minimum absolute atomic E-state index is 0.178. The molecular weight excluding hydrogens is 266 g/mol. The summed E-state index contributed by atoms with van der Waals surface area (Å²) in [6, 6.07) is 1.97. The summed E-state index contributed by atoms with van der Waals surface area (Å²) in [5.74, 6) is -0.956. The van der Waals surface area contributed by atoms with E-state index in [9.17, 15) is 4.79 Å². The number of thiophene rings is 1. The van der Waals surface area contributed by atoms with Gasteiger partial charge in [-0.3, -0.25) is 0 Å². The van der Waals surface area contributed by atoms with Crippen LogP contribution in [0.5, 0.6) is 0 Å². The van der Waals surface area contributed by atoms with Crippen molar-refractivity contribution in [2.24, 2.45) is 0 Å². The third kappa shape index (κ3) is 3.25. The molecule has 1 rings (SSSR count). The van der Waals surface area contributed by atoms with Gasteiger partial charge in [-0.05, 0) is 27.4 Å². The van der Waals surface area contributed by atoms with Gasteiger partial charge in [-0.25, -0.2) is 4.79 Å². The minimum Gasteiger partial charge on any atom is -0.478 e. The van der Waals surface area contributed by atoms with Crippen molar-refractivity contribution in [2.75, 3.05) is 6.54 Å². The van der Waals surface area contributed by atoms with Crippen LogP contribution in [-0.2, 0) is 11.3 Å². The topological polar surface area (TPSA) is 49.3 Å². The Bertz CT molecular complexity index is 348. The quantitative estimate of drug-likeness (QED) is 0.811. The first kappa shape index (κ1) is 11.4. The van der Waals surface area contributed by atoms with Crippen LogP contribution < -0.4 is 5.32 Å². The van der Waals surface area contributed by atoms with Gasteiger partial charge in [0.05, 0.1) is 0 Å². The lowest BCUT2D eigenvalue weighted by molar-refractivity contribution is -0.132. The molecule has 0 unspecified atom stereocenters. The van der Waals surface area contributed by atoms with E-state index in [4.69, 9.17) is 5.11 Å². The van der Waals surface area contributed by atoms with Crippen molar-refractivity contribution in [2.45, 2.75) is 6.54 Å². The number of carboxylic acid groups (broad SMARTS) is 1. The predicted octanol–water partition coefficient (Wildman–Crippen LogP) is 2.24. The largest absolute Gasteiger partial charge is 0.478 e. The summed E-state index contributed by atoms with van der Waals surface area (Å²) < 4.78 is 1.05. The molecule has 14 heavy (non-hydrogen) atoms. The van der Waals surface area contributed by atoms with E-state index in [0.717, 1.165) is 9.35 Å². The number of aliphatic carboxylic acids is 1. The number of hydrogen-bond donors (Lipinski definition) is 2. The zero-order valence-electron chi connectivity index (χ0n) is 7.42. The fourth-order valence-corrected chi connectivity index (χ4v) is 2.32. The first-order chi connectivity index (χ1) is 6.61. The molecule has 0 aliphatic rings. The van der Waals surface area contributed by atoms with Gasteiger partial charge >= 0.3 is 5.97 Å². The highest BCUT2D eigenvalue weighted by molar-refractivity contribution is 9.10. The normalized spacial score (nSPS) is 10.1. The van der Waals surface area contributed by atoms with E-state index < -0.39 is 5.97 Å². The van der Waals surface area contributed by atoms with Crippen molar-refractivity contribution < 1.29 is 9.90 Å². The molecule has 0 atom stereocenters. The van der Waals surface area contributed by atoms with Crippen LogP contribution >= 0.6 is 27.3 Å². The molecule has 0 radical (unpaired) electrons. The van der Waals surface area contributed by atoms with Crippen molar-refractivity contribution in [3.63, 3.8) is 0 Å². The Morgan fingerprint density at radius 2 is 2.43 bits per heavy atom. The van der Waals surface area contributed by atoms with Crippen molar-refractivity contribution in [3.05, 3.63) is 32.9 Å². The van der Waals surface area contributed by atoms with Crippen molar-refractivity contribution in [1.29, 1.82) is 0 Å². The van der Waals surface area contributed by atoms with Crippen LogP contribution in [0.25, 0.3) is 0 Å². The van der Waals surface area contributed by atoms with E-state index in [0.29, 0.717) is 13.1 Å². The van der Waals surface area contributed by atoms with Crippen LogP contribution in [-0.4, -0.2) is 17.6 Å². The zero-order valence-corrected chi connectivity index (χ0v) is 9.82. The van der Waals surface area contributed by atoms with Gasteiger partial charge in [-0.2, -0.15) is 0 Å². The lowest BCUT2D eigenvalue weighted by Crippen LogP contribution is -2.19. The minimum atomic E-state index is -0.956. The Morgan fingerprint density at radius 1 is 1.71 bits per heavy atom. The number of nitrogens with one attached hydrogen (secondary N) is 1. The Morgan fingerprint density at radius 3 is 2.93 bits per heavy atom. The SMILES string of the molecule is C=C(CNCc1sccc1Br)C(=O)O. The van der Waals surface area contributed by atoms with Gasteiger partial charge in [0.2, 0.25) is 0 Å². The molecule has 1 heterocycles. The number of carboxylic acids is 1. The molecule has 2 N–H and O–H groups in total. The molecule has 3 nitrogen and oxygen atoms in total. The maximum absolute atomic E-state index is 10.4. The predicted molar refractivity (Wildman–Crippen MR) is 60.5 cm³/mol. The molecule has 0 aliphatic carbocycles. The Hall–Kier alpha value is -0.650. The molecule has 5 heteroatoms. The zero-order chi connectivity index (χ0) is 10.6. The van der Waals surface area contributed by atoms with Gasteiger partial charge < -0.3 is 10.4 Å². The number of carbonyl (C=O) groups is 1. The first-order valence-electron chi connectivity index (χ1n) is 3.95. The molecule has 0 aromatic carbocycles. The fraction of sp³-hybridized carbons (Fsp3) is 0.222. The second-order valence-corrected chi connectivity index (χ2v) is 4.56. The molecule has 1 aromatic heterocycles.